The first-order valence-corrected chi connectivity index (χ1v) is 6.28. The molecule has 1 aromatic heterocycles. The first-order valence-electron chi connectivity index (χ1n) is 6.28. The van der Waals surface area contributed by atoms with E-state index < -0.39 is 0 Å². The van der Waals surface area contributed by atoms with Gasteiger partial charge in [-0.15, -0.1) is 0 Å². The predicted octanol–water partition coefficient (Wildman–Crippen LogP) is 2.19. The van der Waals surface area contributed by atoms with Crippen LogP contribution in [0.15, 0.2) is 24.3 Å². The number of nitrogen functional groups attached to an aromatic ring is 1. The predicted molar refractivity (Wildman–Crippen MR) is 73.2 cm³/mol. The normalized spacial score (nSPS) is 11.1. The van der Waals surface area contributed by atoms with E-state index in [2.05, 4.69) is 23.9 Å². The largest absolute Gasteiger partial charge is 0.399 e. The fraction of sp³-hybridized carbons (Fsp3) is 0.429. The van der Waals surface area contributed by atoms with Gasteiger partial charge in [-0.25, -0.2) is 4.98 Å². The summed E-state index contributed by atoms with van der Waals surface area (Å²) in [6.45, 7) is 4.35. The second-order valence-electron chi connectivity index (χ2n) is 5.08. The average molecular weight is 244 g/mol. The number of hydrogen-bond acceptors (Lipinski definition) is 3. The molecule has 2 aromatic rings. The van der Waals surface area contributed by atoms with Crippen molar-refractivity contribution in [1.29, 1.82) is 0 Å². The molecule has 1 aromatic carbocycles. The van der Waals surface area contributed by atoms with Crippen molar-refractivity contribution in [3.05, 3.63) is 41.5 Å². The summed E-state index contributed by atoms with van der Waals surface area (Å²) in [5.41, 5.74) is 7.67. The van der Waals surface area contributed by atoms with E-state index >= 15 is 0 Å². The van der Waals surface area contributed by atoms with E-state index in [0.29, 0.717) is 5.92 Å². The third kappa shape index (κ3) is 3.09. The van der Waals surface area contributed by atoms with Crippen LogP contribution in [0.1, 0.15) is 31.1 Å². The summed E-state index contributed by atoms with van der Waals surface area (Å²) in [7, 11) is 1.95. The lowest BCUT2D eigenvalue weighted by Gasteiger charge is -2.01. The molecule has 18 heavy (non-hydrogen) atoms. The molecule has 4 nitrogen and oxygen atoms in total. The van der Waals surface area contributed by atoms with Gasteiger partial charge in [-0.1, -0.05) is 26.0 Å². The van der Waals surface area contributed by atoms with Crippen molar-refractivity contribution >= 4 is 5.69 Å². The van der Waals surface area contributed by atoms with Gasteiger partial charge >= 0.3 is 0 Å². The molecule has 96 valence electrons. The van der Waals surface area contributed by atoms with E-state index in [1.807, 2.05) is 36.0 Å². The lowest BCUT2D eigenvalue weighted by atomic mass is 10.1. The zero-order valence-corrected chi connectivity index (χ0v) is 11.2. The van der Waals surface area contributed by atoms with Gasteiger partial charge in [-0.3, -0.25) is 4.68 Å². The van der Waals surface area contributed by atoms with Gasteiger partial charge in [-0.2, -0.15) is 5.10 Å². The van der Waals surface area contributed by atoms with Crippen LogP contribution in [0.5, 0.6) is 0 Å². The van der Waals surface area contributed by atoms with Gasteiger partial charge in [0, 0.05) is 25.6 Å². The highest BCUT2D eigenvalue weighted by Crippen LogP contribution is 2.11. The van der Waals surface area contributed by atoms with Crippen LogP contribution >= 0.6 is 0 Å². The molecule has 0 fully saturated rings. The number of nitrogens with zero attached hydrogens (tertiary/aromatic N) is 3. The summed E-state index contributed by atoms with van der Waals surface area (Å²) in [6.07, 6.45) is 1.72. The van der Waals surface area contributed by atoms with Gasteiger partial charge in [-0.05, 0) is 23.6 Å². The number of nitrogens with two attached hydrogens (primary N) is 1. The van der Waals surface area contributed by atoms with Crippen molar-refractivity contribution < 1.29 is 0 Å². The maximum Gasteiger partial charge on any atom is 0.151 e. The molecule has 0 spiro atoms. The molecule has 0 bridgehead atoms. The van der Waals surface area contributed by atoms with Crippen LogP contribution in [0.4, 0.5) is 5.69 Å². The van der Waals surface area contributed by atoms with Crippen molar-refractivity contribution in [3.63, 3.8) is 0 Å². The Morgan fingerprint density at radius 1 is 1.22 bits per heavy atom. The highest BCUT2D eigenvalue weighted by molar-refractivity contribution is 5.39. The quantitative estimate of drug-likeness (QED) is 0.839. The minimum atomic E-state index is 0.580. The molecule has 0 aliphatic rings. The molecule has 0 aliphatic heterocycles. The molecule has 0 aliphatic carbocycles. The first kappa shape index (κ1) is 12.6. The molecule has 4 heteroatoms. The number of aryl methyl sites for hydroxylation is 1. The lowest BCUT2D eigenvalue weighted by Crippen LogP contribution is -2.00. The Morgan fingerprint density at radius 3 is 2.50 bits per heavy atom. The minimum absolute atomic E-state index is 0.580. The zero-order chi connectivity index (χ0) is 13.1. The Kier molecular flexibility index (Phi) is 3.65. The van der Waals surface area contributed by atoms with Crippen molar-refractivity contribution in [2.24, 2.45) is 13.0 Å². The van der Waals surface area contributed by atoms with Crippen molar-refractivity contribution in [2.45, 2.75) is 26.7 Å². The van der Waals surface area contributed by atoms with Crippen LogP contribution in [-0.2, 0) is 19.9 Å². The van der Waals surface area contributed by atoms with Crippen molar-refractivity contribution in [2.75, 3.05) is 5.73 Å². The van der Waals surface area contributed by atoms with Crippen LogP contribution in [-0.4, -0.2) is 14.8 Å². The summed E-state index contributed by atoms with van der Waals surface area (Å²) in [6, 6.07) is 7.90. The van der Waals surface area contributed by atoms with E-state index in [4.69, 9.17) is 5.73 Å². The molecule has 0 unspecified atom stereocenters. The fourth-order valence-electron chi connectivity index (χ4n) is 1.90. The molecule has 2 rings (SSSR count). The Morgan fingerprint density at radius 2 is 1.89 bits per heavy atom. The van der Waals surface area contributed by atoms with Gasteiger partial charge in [0.2, 0.25) is 0 Å². The second-order valence-corrected chi connectivity index (χ2v) is 5.08. The van der Waals surface area contributed by atoms with E-state index in [1.54, 1.807) is 0 Å². The third-order valence-electron chi connectivity index (χ3n) is 2.83. The van der Waals surface area contributed by atoms with E-state index in [1.165, 1.54) is 5.56 Å². The van der Waals surface area contributed by atoms with Gasteiger partial charge < -0.3 is 5.73 Å². The molecular weight excluding hydrogens is 224 g/mol. The summed E-state index contributed by atoms with van der Waals surface area (Å²) in [5, 5.41) is 4.45. The summed E-state index contributed by atoms with van der Waals surface area (Å²) in [4.78, 5) is 4.59. The number of benzene rings is 1. The number of anilines is 1. The SMILES string of the molecule is CC(C)Cc1nc(Cc2ccc(N)cc2)n(C)n1. The maximum absolute atomic E-state index is 5.68. The Bertz CT molecular complexity index is 511. The van der Waals surface area contributed by atoms with Crippen LogP contribution in [0.3, 0.4) is 0 Å². The molecule has 0 atom stereocenters. The van der Waals surface area contributed by atoms with E-state index in [-0.39, 0.29) is 0 Å². The van der Waals surface area contributed by atoms with Crippen LogP contribution < -0.4 is 5.73 Å². The Balaban J connectivity index is 2.13. The minimum Gasteiger partial charge on any atom is -0.399 e. The van der Waals surface area contributed by atoms with Gasteiger partial charge in [0.25, 0.3) is 0 Å². The Hall–Kier alpha value is -1.84. The van der Waals surface area contributed by atoms with E-state index in [9.17, 15) is 0 Å². The summed E-state index contributed by atoms with van der Waals surface area (Å²) >= 11 is 0. The summed E-state index contributed by atoms with van der Waals surface area (Å²) in [5.74, 6) is 2.50. The monoisotopic (exact) mass is 244 g/mol. The smallest absolute Gasteiger partial charge is 0.151 e. The van der Waals surface area contributed by atoms with Gasteiger partial charge in [0.1, 0.15) is 5.82 Å². The molecule has 0 saturated heterocycles. The Labute approximate surface area is 108 Å². The van der Waals surface area contributed by atoms with Crippen LogP contribution in [0.2, 0.25) is 0 Å². The van der Waals surface area contributed by atoms with Gasteiger partial charge in [0.05, 0.1) is 0 Å². The number of rotatable bonds is 4. The highest BCUT2D eigenvalue weighted by atomic mass is 15.3. The first-order chi connectivity index (χ1) is 8.54. The topological polar surface area (TPSA) is 56.7 Å². The van der Waals surface area contributed by atoms with Crippen LogP contribution in [0.25, 0.3) is 0 Å². The zero-order valence-electron chi connectivity index (χ0n) is 11.2. The average Bonchev–Trinajstić information content (AvgIpc) is 2.61. The standard InChI is InChI=1S/C14H20N4/c1-10(2)8-13-16-14(18(3)17-13)9-11-4-6-12(15)7-5-11/h4-7,10H,8-9,15H2,1-3H3. The lowest BCUT2D eigenvalue weighted by molar-refractivity contribution is 0.612. The van der Waals surface area contributed by atoms with E-state index in [0.717, 1.165) is 30.2 Å². The third-order valence-corrected chi connectivity index (χ3v) is 2.83. The number of aromatic nitrogens is 3. The molecule has 1 heterocycles. The summed E-state index contributed by atoms with van der Waals surface area (Å²) < 4.78 is 1.87. The van der Waals surface area contributed by atoms with Gasteiger partial charge in [0.15, 0.2) is 5.82 Å². The molecule has 0 amide bonds. The number of hydrogen-bond donors (Lipinski definition) is 1. The fourth-order valence-corrected chi connectivity index (χ4v) is 1.90. The van der Waals surface area contributed by atoms with Crippen LogP contribution in [0, 0.1) is 5.92 Å². The van der Waals surface area contributed by atoms with Crippen molar-refractivity contribution in [3.8, 4) is 0 Å². The highest BCUT2D eigenvalue weighted by Gasteiger charge is 2.09. The molecule has 0 radical (unpaired) electrons. The maximum atomic E-state index is 5.68. The molecule has 0 saturated carbocycles. The molecular formula is C14H20N4. The second kappa shape index (κ2) is 5.21. The molecule has 2 N–H and O–H groups in total. The van der Waals surface area contributed by atoms with Crippen molar-refractivity contribution in [1.82, 2.24) is 14.8 Å².